The van der Waals surface area contributed by atoms with Gasteiger partial charge in [-0.25, -0.2) is 8.78 Å². The Bertz CT molecular complexity index is 522. The molecule has 116 valence electrons. The van der Waals surface area contributed by atoms with Gasteiger partial charge in [-0.15, -0.1) is 0 Å². The van der Waals surface area contributed by atoms with Gasteiger partial charge in [-0.3, -0.25) is 9.59 Å². The van der Waals surface area contributed by atoms with Crippen LogP contribution in [0.25, 0.3) is 0 Å². The minimum atomic E-state index is -1.14. The molecule has 0 aliphatic carbocycles. The number of rotatable bonds is 7. The summed E-state index contributed by atoms with van der Waals surface area (Å²) in [5.41, 5.74) is 0. The minimum absolute atomic E-state index is 0.260. The van der Waals surface area contributed by atoms with Crippen LogP contribution in [0.2, 0.25) is 0 Å². The van der Waals surface area contributed by atoms with Gasteiger partial charge in [-0.2, -0.15) is 0 Å². The number of carboxylic acid groups (broad SMARTS) is 1. The Balaban J connectivity index is 2.70. The third-order valence-corrected chi connectivity index (χ3v) is 2.99. The zero-order valence-corrected chi connectivity index (χ0v) is 11.8. The van der Waals surface area contributed by atoms with E-state index in [-0.39, 0.29) is 11.8 Å². The molecule has 7 heteroatoms. The molecule has 0 aromatic heterocycles. The van der Waals surface area contributed by atoms with Gasteiger partial charge in [0.05, 0.1) is 0 Å². The zero-order valence-electron chi connectivity index (χ0n) is 11.8. The van der Waals surface area contributed by atoms with Crippen LogP contribution in [0.5, 0.6) is 5.75 Å². The van der Waals surface area contributed by atoms with Gasteiger partial charge in [0.15, 0.2) is 18.2 Å². The summed E-state index contributed by atoms with van der Waals surface area (Å²) >= 11 is 0. The van der Waals surface area contributed by atoms with Crippen LogP contribution in [0.4, 0.5) is 8.78 Å². The van der Waals surface area contributed by atoms with E-state index in [2.05, 4.69) is 0 Å². The Morgan fingerprint density at radius 3 is 2.57 bits per heavy atom. The van der Waals surface area contributed by atoms with E-state index in [9.17, 15) is 18.4 Å². The van der Waals surface area contributed by atoms with Crippen molar-refractivity contribution in [3.05, 3.63) is 29.8 Å². The van der Waals surface area contributed by atoms with Gasteiger partial charge in [0.25, 0.3) is 5.91 Å². The van der Waals surface area contributed by atoms with E-state index in [0.717, 1.165) is 17.0 Å². The largest absolute Gasteiger partial charge is 0.481 e. The van der Waals surface area contributed by atoms with Crippen LogP contribution in [0.1, 0.15) is 20.3 Å². The molecule has 1 aromatic carbocycles. The van der Waals surface area contributed by atoms with Crippen molar-refractivity contribution in [3.63, 3.8) is 0 Å². The third kappa shape index (κ3) is 5.02. The highest BCUT2D eigenvalue weighted by molar-refractivity contribution is 5.82. The normalized spacial score (nSPS) is 11.8. The summed E-state index contributed by atoms with van der Waals surface area (Å²) in [7, 11) is 0. The van der Waals surface area contributed by atoms with Crippen molar-refractivity contribution in [3.8, 4) is 5.75 Å². The number of carbonyl (C=O) groups is 2. The molecule has 0 spiro atoms. The summed E-state index contributed by atoms with van der Waals surface area (Å²) in [5, 5.41) is 8.80. The molecule has 0 radical (unpaired) electrons. The van der Waals surface area contributed by atoms with E-state index in [1.54, 1.807) is 6.92 Å². The number of carboxylic acids is 1. The van der Waals surface area contributed by atoms with Crippen molar-refractivity contribution in [2.75, 3.05) is 13.2 Å². The number of amides is 1. The average molecular weight is 301 g/mol. The molecule has 0 saturated carbocycles. The van der Waals surface area contributed by atoms with E-state index in [0.29, 0.717) is 12.5 Å². The molecule has 21 heavy (non-hydrogen) atoms. The van der Waals surface area contributed by atoms with E-state index < -0.39 is 36.7 Å². The lowest BCUT2D eigenvalue weighted by atomic mass is 10.2. The number of nitrogens with zero attached hydrogens (tertiary/aromatic N) is 1. The van der Waals surface area contributed by atoms with Gasteiger partial charge < -0.3 is 14.7 Å². The monoisotopic (exact) mass is 301 g/mol. The van der Waals surface area contributed by atoms with Crippen molar-refractivity contribution in [2.24, 2.45) is 0 Å². The minimum Gasteiger partial charge on any atom is -0.481 e. The molecule has 1 N–H and O–H groups in total. The number of hydrogen-bond donors (Lipinski definition) is 1. The molecule has 0 fully saturated rings. The molecular weight excluding hydrogens is 284 g/mol. The lowest BCUT2D eigenvalue weighted by Gasteiger charge is -2.26. The van der Waals surface area contributed by atoms with Crippen LogP contribution in [0, 0.1) is 11.6 Å². The summed E-state index contributed by atoms with van der Waals surface area (Å²) in [6.45, 7) is 2.55. The zero-order chi connectivity index (χ0) is 16.0. The van der Waals surface area contributed by atoms with Crippen LogP contribution in [0.3, 0.4) is 0 Å². The van der Waals surface area contributed by atoms with Gasteiger partial charge in [-0.1, -0.05) is 6.92 Å². The molecule has 0 aliphatic heterocycles. The van der Waals surface area contributed by atoms with E-state index in [1.807, 2.05) is 6.92 Å². The van der Waals surface area contributed by atoms with Crippen LogP contribution >= 0.6 is 0 Å². The first kappa shape index (κ1) is 16.9. The quantitative estimate of drug-likeness (QED) is 0.837. The van der Waals surface area contributed by atoms with Gasteiger partial charge in [0.2, 0.25) is 0 Å². The predicted molar refractivity (Wildman–Crippen MR) is 71.0 cm³/mol. The first-order valence-electron chi connectivity index (χ1n) is 6.44. The molecule has 1 unspecified atom stereocenters. The predicted octanol–water partition coefficient (Wildman–Crippen LogP) is 2.06. The lowest BCUT2D eigenvalue weighted by Crippen LogP contribution is -2.44. The second-order valence-electron chi connectivity index (χ2n) is 4.54. The van der Waals surface area contributed by atoms with Crippen molar-refractivity contribution < 1.29 is 28.2 Å². The molecule has 0 bridgehead atoms. The Morgan fingerprint density at radius 2 is 2.05 bits per heavy atom. The van der Waals surface area contributed by atoms with Crippen LogP contribution in [-0.4, -0.2) is 41.1 Å². The van der Waals surface area contributed by atoms with Gasteiger partial charge in [0.1, 0.15) is 12.4 Å². The molecule has 5 nitrogen and oxygen atoms in total. The smallest absolute Gasteiger partial charge is 0.323 e. The highest BCUT2D eigenvalue weighted by Gasteiger charge is 2.22. The van der Waals surface area contributed by atoms with Crippen molar-refractivity contribution in [2.45, 2.75) is 26.3 Å². The highest BCUT2D eigenvalue weighted by Crippen LogP contribution is 2.17. The van der Waals surface area contributed by atoms with Crippen molar-refractivity contribution >= 4 is 11.9 Å². The third-order valence-electron chi connectivity index (χ3n) is 2.99. The first-order valence-corrected chi connectivity index (χ1v) is 6.44. The molecule has 1 amide bonds. The van der Waals surface area contributed by atoms with Crippen LogP contribution < -0.4 is 4.74 Å². The molecular formula is C14H17F2NO4. The molecule has 0 heterocycles. The maximum absolute atomic E-state index is 13.4. The SMILES string of the molecule is CCC(C)N(CC(=O)O)C(=O)COc1ccc(F)cc1F. The van der Waals surface area contributed by atoms with Crippen LogP contribution in [0.15, 0.2) is 18.2 Å². The molecule has 0 aliphatic rings. The molecule has 1 atom stereocenters. The van der Waals surface area contributed by atoms with Gasteiger partial charge in [-0.05, 0) is 25.5 Å². The van der Waals surface area contributed by atoms with E-state index >= 15 is 0 Å². The van der Waals surface area contributed by atoms with Gasteiger partial charge >= 0.3 is 5.97 Å². The fourth-order valence-corrected chi connectivity index (χ4v) is 1.67. The number of ether oxygens (including phenoxy) is 1. The topological polar surface area (TPSA) is 66.8 Å². The van der Waals surface area contributed by atoms with Gasteiger partial charge in [0, 0.05) is 12.1 Å². The van der Waals surface area contributed by atoms with Crippen molar-refractivity contribution in [1.29, 1.82) is 0 Å². The standard InChI is InChI=1S/C14H17F2NO4/c1-3-9(2)17(7-14(19)20)13(18)8-21-12-5-4-10(15)6-11(12)16/h4-6,9H,3,7-8H2,1-2H3,(H,19,20). The number of benzene rings is 1. The molecule has 1 aromatic rings. The molecule has 0 saturated heterocycles. The highest BCUT2D eigenvalue weighted by atomic mass is 19.1. The number of hydrogen-bond acceptors (Lipinski definition) is 3. The lowest BCUT2D eigenvalue weighted by molar-refractivity contribution is -0.147. The maximum Gasteiger partial charge on any atom is 0.323 e. The Labute approximate surface area is 121 Å². The van der Waals surface area contributed by atoms with Crippen molar-refractivity contribution in [1.82, 2.24) is 4.90 Å². The number of aliphatic carboxylic acids is 1. The molecule has 1 rings (SSSR count). The Kier molecular flexibility index (Phi) is 6.08. The summed E-state index contributed by atoms with van der Waals surface area (Å²) in [5.74, 6) is -3.65. The summed E-state index contributed by atoms with van der Waals surface area (Å²) in [6.07, 6.45) is 0.573. The Morgan fingerprint density at radius 1 is 1.38 bits per heavy atom. The van der Waals surface area contributed by atoms with E-state index in [4.69, 9.17) is 9.84 Å². The fraction of sp³-hybridized carbons (Fsp3) is 0.429. The number of carbonyl (C=O) groups excluding carboxylic acids is 1. The summed E-state index contributed by atoms with van der Waals surface area (Å²) in [6, 6.07) is 2.44. The van der Waals surface area contributed by atoms with Crippen LogP contribution in [-0.2, 0) is 9.59 Å². The second kappa shape index (κ2) is 7.56. The van der Waals surface area contributed by atoms with E-state index in [1.165, 1.54) is 0 Å². The summed E-state index contributed by atoms with van der Waals surface area (Å²) in [4.78, 5) is 23.9. The Hall–Kier alpha value is -2.18. The maximum atomic E-state index is 13.4. The second-order valence-corrected chi connectivity index (χ2v) is 4.54. The summed E-state index contributed by atoms with van der Waals surface area (Å²) < 4.78 is 31.1. The number of halogens is 2. The fourth-order valence-electron chi connectivity index (χ4n) is 1.67. The first-order chi connectivity index (χ1) is 9.85. The average Bonchev–Trinajstić information content (AvgIpc) is 2.42.